The second-order valence-corrected chi connectivity index (χ2v) is 13.2. The van der Waals surface area contributed by atoms with Gasteiger partial charge in [-0.1, -0.05) is 127 Å². The summed E-state index contributed by atoms with van der Waals surface area (Å²) in [6, 6.07) is 61.1. The van der Waals surface area contributed by atoms with E-state index in [0.717, 1.165) is 49.4 Å². The predicted molar refractivity (Wildman–Crippen MR) is 210 cm³/mol. The van der Waals surface area contributed by atoms with E-state index in [2.05, 4.69) is 152 Å². The minimum atomic E-state index is 0.800. The zero-order valence-electron chi connectivity index (χ0n) is 27.0. The van der Waals surface area contributed by atoms with Gasteiger partial charge in [-0.15, -0.1) is 0 Å². The molecule has 0 bridgehead atoms. The number of para-hydroxylation sites is 1. The molecule has 0 saturated heterocycles. The van der Waals surface area contributed by atoms with Gasteiger partial charge in [0.25, 0.3) is 0 Å². The summed E-state index contributed by atoms with van der Waals surface area (Å²) in [5.41, 5.74) is 10.7. The van der Waals surface area contributed by atoms with E-state index >= 15 is 0 Å². The first-order chi connectivity index (χ1) is 24.8. The van der Waals surface area contributed by atoms with Crippen LogP contribution in [-0.2, 0) is 0 Å². The third-order valence-corrected chi connectivity index (χ3v) is 10.4. The zero-order valence-corrected chi connectivity index (χ0v) is 27.0. The highest BCUT2D eigenvalue weighted by molar-refractivity contribution is 6.22. The number of benzene rings is 9. The first-order valence-corrected chi connectivity index (χ1v) is 17.1. The third-order valence-electron chi connectivity index (χ3n) is 10.4. The molecule has 2 heteroatoms. The maximum absolute atomic E-state index is 6.41. The van der Waals surface area contributed by atoms with E-state index in [1.165, 1.54) is 60.1 Å². The van der Waals surface area contributed by atoms with Crippen LogP contribution < -0.4 is 0 Å². The van der Waals surface area contributed by atoms with Crippen LogP contribution in [0.25, 0.3) is 110 Å². The van der Waals surface area contributed by atoms with Crippen molar-refractivity contribution >= 4 is 76.2 Å². The Morgan fingerprint density at radius 2 is 0.720 bits per heavy atom. The Hall–Kier alpha value is -6.64. The molecule has 2 aromatic heterocycles. The normalized spacial score (nSPS) is 12.0. The Kier molecular flexibility index (Phi) is 5.70. The molecule has 0 N–H and O–H groups in total. The lowest BCUT2D eigenvalue weighted by molar-refractivity contribution is 0.633. The highest BCUT2D eigenvalue weighted by Gasteiger charge is 2.18. The summed E-state index contributed by atoms with van der Waals surface area (Å²) in [4.78, 5) is 0. The Morgan fingerprint density at radius 1 is 0.260 bits per heavy atom. The molecule has 11 aromatic rings. The molecule has 0 saturated carbocycles. The maximum atomic E-state index is 6.41. The minimum absolute atomic E-state index is 0.800. The Labute approximate surface area is 287 Å². The summed E-state index contributed by atoms with van der Waals surface area (Å²) in [6.45, 7) is 0. The lowest BCUT2D eigenvalue weighted by Crippen LogP contribution is -1.90. The van der Waals surface area contributed by atoms with E-state index in [0.29, 0.717) is 0 Å². The van der Waals surface area contributed by atoms with Crippen LogP contribution >= 0.6 is 0 Å². The van der Waals surface area contributed by atoms with Crippen molar-refractivity contribution in [3.8, 4) is 33.4 Å². The molecular weight excluding hydrogens is 609 g/mol. The van der Waals surface area contributed by atoms with Crippen molar-refractivity contribution in [1.82, 2.24) is 0 Å². The molecule has 2 nitrogen and oxygen atoms in total. The van der Waals surface area contributed by atoms with Gasteiger partial charge in [-0.05, 0) is 108 Å². The van der Waals surface area contributed by atoms with Crippen LogP contribution in [0.5, 0.6) is 0 Å². The molecule has 0 aliphatic rings. The summed E-state index contributed by atoms with van der Waals surface area (Å²) < 4.78 is 12.7. The fraction of sp³-hybridized carbons (Fsp3) is 0. The largest absolute Gasteiger partial charge is 0.452 e. The van der Waals surface area contributed by atoms with Gasteiger partial charge in [0.2, 0.25) is 0 Å². The van der Waals surface area contributed by atoms with E-state index < -0.39 is 0 Å². The van der Waals surface area contributed by atoms with Crippen LogP contribution in [0.2, 0.25) is 0 Å². The van der Waals surface area contributed by atoms with Gasteiger partial charge in [0.1, 0.15) is 11.2 Å². The van der Waals surface area contributed by atoms with Crippen molar-refractivity contribution in [2.75, 3.05) is 0 Å². The molecule has 0 unspecified atom stereocenters. The van der Waals surface area contributed by atoms with Crippen molar-refractivity contribution in [1.29, 1.82) is 0 Å². The molecule has 0 amide bonds. The third kappa shape index (κ3) is 3.96. The van der Waals surface area contributed by atoms with Crippen LogP contribution in [0.15, 0.2) is 179 Å². The number of rotatable bonds is 3. The van der Waals surface area contributed by atoms with E-state index in [-0.39, 0.29) is 0 Å². The number of hydrogen-bond acceptors (Lipinski definition) is 2. The van der Waals surface area contributed by atoms with Gasteiger partial charge in [-0.25, -0.2) is 0 Å². The maximum Gasteiger partial charge on any atom is 0.178 e. The summed E-state index contributed by atoms with van der Waals surface area (Å²) in [5, 5.41) is 11.8. The van der Waals surface area contributed by atoms with Crippen LogP contribution in [0.4, 0.5) is 0 Å². The monoisotopic (exact) mass is 636 g/mol. The molecule has 232 valence electrons. The second-order valence-electron chi connectivity index (χ2n) is 13.2. The van der Waals surface area contributed by atoms with Crippen molar-refractivity contribution in [3.05, 3.63) is 170 Å². The molecule has 9 aromatic carbocycles. The molecule has 11 rings (SSSR count). The highest BCUT2D eigenvalue weighted by atomic mass is 16.4. The van der Waals surface area contributed by atoms with Gasteiger partial charge in [-0.2, -0.15) is 0 Å². The van der Waals surface area contributed by atoms with Crippen molar-refractivity contribution in [2.24, 2.45) is 0 Å². The lowest BCUT2D eigenvalue weighted by Gasteiger charge is -2.18. The summed E-state index contributed by atoms with van der Waals surface area (Å²) in [6.07, 6.45) is 0. The number of furan rings is 2. The van der Waals surface area contributed by atoms with Crippen LogP contribution in [-0.4, -0.2) is 0 Å². The SMILES string of the molecule is c1ccc(-c2c3ccccc3c(-c3ccc4cc(-c5ccc6oc7c(ccc8c9ccccc9oc87)c6c5)ccc4c3)c3ccccc23)cc1. The topological polar surface area (TPSA) is 26.3 Å². The van der Waals surface area contributed by atoms with E-state index in [9.17, 15) is 0 Å². The average Bonchev–Trinajstić information content (AvgIpc) is 3.75. The molecule has 50 heavy (non-hydrogen) atoms. The van der Waals surface area contributed by atoms with Crippen LogP contribution in [0, 0.1) is 0 Å². The predicted octanol–water partition coefficient (Wildman–Crippen LogP) is 13.9. The van der Waals surface area contributed by atoms with Gasteiger partial charge in [0.15, 0.2) is 11.2 Å². The molecule has 0 spiro atoms. The lowest BCUT2D eigenvalue weighted by atomic mass is 9.85. The first kappa shape index (κ1) is 27.3. The fourth-order valence-electron chi connectivity index (χ4n) is 8.13. The minimum Gasteiger partial charge on any atom is -0.452 e. The summed E-state index contributed by atoms with van der Waals surface area (Å²) >= 11 is 0. The van der Waals surface area contributed by atoms with Crippen LogP contribution in [0.3, 0.4) is 0 Å². The fourth-order valence-corrected chi connectivity index (χ4v) is 8.13. The average molecular weight is 637 g/mol. The Balaban J connectivity index is 1.04. The Bertz CT molecular complexity index is 3080. The van der Waals surface area contributed by atoms with Crippen LogP contribution in [0.1, 0.15) is 0 Å². The van der Waals surface area contributed by atoms with Gasteiger partial charge in [-0.3, -0.25) is 0 Å². The highest BCUT2D eigenvalue weighted by Crippen LogP contribution is 2.45. The van der Waals surface area contributed by atoms with Gasteiger partial charge in [0.05, 0.1) is 0 Å². The van der Waals surface area contributed by atoms with Gasteiger partial charge < -0.3 is 8.83 Å². The van der Waals surface area contributed by atoms with Crippen molar-refractivity contribution in [2.45, 2.75) is 0 Å². The van der Waals surface area contributed by atoms with E-state index in [4.69, 9.17) is 8.83 Å². The summed E-state index contributed by atoms with van der Waals surface area (Å²) in [5.74, 6) is 0. The van der Waals surface area contributed by atoms with E-state index in [1.54, 1.807) is 0 Å². The number of fused-ring (bicyclic) bond motifs is 10. The standard InChI is InChI=1S/C48H28O2/c1-2-10-29(11-3-1)45-36-13-4-6-15-38(36)46(39-16-7-5-14-37(39)45)34-21-20-30-26-31(18-19-32(30)27-34)33-22-25-44-42(28-33)41-24-23-40-35-12-8-9-17-43(35)49-47(40)48(41)50-44/h1-28H. The molecule has 0 aliphatic heterocycles. The molecular formula is C48H28O2. The number of hydrogen-bond donors (Lipinski definition) is 0. The Morgan fingerprint density at radius 3 is 1.38 bits per heavy atom. The summed E-state index contributed by atoms with van der Waals surface area (Å²) in [7, 11) is 0. The quantitative estimate of drug-likeness (QED) is 0.180. The van der Waals surface area contributed by atoms with E-state index in [1.807, 2.05) is 18.2 Å². The molecule has 2 heterocycles. The molecule has 0 aliphatic carbocycles. The smallest absolute Gasteiger partial charge is 0.178 e. The first-order valence-electron chi connectivity index (χ1n) is 17.1. The second kappa shape index (κ2) is 10.4. The van der Waals surface area contributed by atoms with Crippen molar-refractivity contribution in [3.63, 3.8) is 0 Å². The van der Waals surface area contributed by atoms with Gasteiger partial charge in [0, 0.05) is 21.5 Å². The molecule has 0 atom stereocenters. The molecule has 0 radical (unpaired) electrons. The van der Waals surface area contributed by atoms with Gasteiger partial charge >= 0.3 is 0 Å². The zero-order chi connectivity index (χ0) is 32.8. The van der Waals surface area contributed by atoms with Crippen molar-refractivity contribution < 1.29 is 8.83 Å². The molecule has 0 fully saturated rings.